The molecule has 0 saturated carbocycles. The molecule has 1 aromatic rings. The summed E-state index contributed by atoms with van der Waals surface area (Å²) >= 11 is 5.89. The molecule has 0 spiro atoms. The average molecular weight is 368 g/mol. The zero-order valence-electron chi connectivity index (χ0n) is 15.6. The molecule has 0 aromatic heterocycles. The normalized spacial score (nSPS) is 21.0. The van der Waals surface area contributed by atoms with Crippen molar-refractivity contribution < 1.29 is 4.74 Å². The molecule has 6 nitrogen and oxygen atoms in total. The monoisotopic (exact) mass is 367 g/mol. The van der Waals surface area contributed by atoms with Gasteiger partial charge in [-0.1, -0.05) is 11.6 Å². The summed E-state index contributed by atoms with van der Waals surface area (Å²) in [5.74, 6) is 1.61. The van der Waals surface area contributed by atoms with Gasteiger partial charge in [0.1, 0.15) is 11.9 Å². The SMILES string of the molecule is CN=C(NCC(C)Oc1ccc(Cl)cc1)NCC1CN(C)CCN1C. The molecule has 140 valence electrons. The number of aliphatic imine (C=N–C) groups is 1. The molecule has 2 unspecified atom stereocenters. The summed E-state index contributed by atoms with van der Waals surface area (Å²) in [4.78, 5) is 9.06. The van der Waals surface area contributed by atoms with Crippen molar-refractivity contribution in [3.8, 4) is 5.75 Å². The lowest BCUT2D eigenvalue weighted by Gasteiger charge is -2.38. The zero-order valence-corrected chi connectivity index (χ0v) is 16.4. The first kappa shape index (κ1) is 19.8. The van der Waals surface area contributed by atoms with Gasteiger partial charge in [0.2, 0.25) is 0 Å². The predicted octanol–water partition coefficient (Wildman–Crippen LogP) is 1.52. The maximum Gasteiger partial charge on any atom is 0.191 e. The third-order valence-electron chi connectivity index (χ3n) is 4.42. The Bertz CT molecular complexity index is 551. The van der Waals surface area contributed by atoms with E-state index >= 15 is 0 Å². The van der Waals surface area contributed by atoms with Crippen molar-refractivity contribution in [2.75, 3.05) is 53.9 Å². The number of halogens is 1. The smallest absolute Gasteiger partial charge is 0.191 e. The molecule has 0 amide bonds. The van der Waals surface area contributed by atoms with Crippen molar-refractivity contribution >= 4 is 17.6 Å². The Balaban J connectivity index is 1.73. The molecule has 0 radical (unpaired) electrons. The second kappa shape index (κ2) is 9.85. The van der Waals surface area contributed by atoms with E-state index in [1.807, 2.05) is 31.2 Å². The average Bonchev–Trinajstić information content (AvgIpc) is 2.60. The van der Waals surface area contributed by atoms with E-state index in [4.69, 9.17) is 16.3 Å². The van der Waals surface area contributed by atoms with Crippen molar-refractivity contribution in [1.29, 1.82) is 0 Å². The second-order valence-electron chi connectivity index (χ2n) is 6.61. The van der Waals surface area contributed by atoms with Crippen molar-refractivity contribution in [1.82, 2.24) is 20.4 Å². The van der Waals surface area contributed by atoms with Crippen LogP contribution >= 0.6 is 11.6 Å². The highest BCUT2D eigenvalue weighted by molar-refractivity contribution is 6.30. The molecule has 0 aliphatic carbocycles. The van der Waals surface area contributed by atoms with Crippen LogP contribution in [0.2, 0.25) is 5.02 Å². The standard InChI is InChI=1S/C18H30ClN5O/c1-14(25-17-7-5-15(19)6-8-17)11-21-18(20-2)22-12-16-13-23(3)9-10-24(16)4/h5-8,14,16H,9-13H2,1-4H3,(H2,20,21,22). The van der Waals surface area contributed by atoms with Crippen LogP contribution in [0, 0.1) is 0 Å². The molecule has 0 bridgehead atoms. The van der Waals surface area contributed by atoms with Crippen LogP contribution in [0.4, 0.5) is 0 Å². The molecular weight excluding hydrogens is 338 g/mol. The Morgan fingerprint density at radius 2 is 2.00 bits per heavy atom. The number of hydrogen-bond acceptors (Lipinski definition) is 4. The van der Waals surface area contributed by atoms with Gasteiger partial charge < -0.3 is 20.3 Å². The molecule has 1 heterocycles. The van der Waals surface area contributed by atoms with Crippen LogP contribution in [-0.2, 0) is 0 Å². The largest absolute Gasteiger partial charge is 0.489 e. The van der Waals surface area contributed by atoms with E-state index in [2.05, 4.69) is 39.5 Å². The molecule has 2 rings (SSSR count). The third-order valence-corrected chi connectivity index (χ3v) is 4.67. The van der Waals surface area contributed by atoms with Crippen LogP contribution in [0.15, 0.2) is 29.3 Å². The van der Waals surface area contributed by atoms with Crippen molar-refractivity contribution in [3.05, 3.63) is 29.3 Å². The number of likely N-dealkylation sites (N-methyl/N-ethyl adjacent to an activating group) is 2. The van der Waals surface area contributed by atoms with Gasteiger partial charge in [-0.2, -0.15) is 0 Å². The van der Waals surface area contributed by atoms with Gasteiger partial charge in [0.25, 0.3) is 0 Å². The molecule has 2 N–H and O–H groups in total. The second-order valence-corrected chi connectivity index (χ2v) is 7.05. The first-order chi connectivity index (χ1) is 12.0. The minimum atomic E-state index is 0.0169. The minimum absolute atomic E-state index is 0.0169. The molecule has 7 heteroatoms. The summed E-state index contributed by atoms with van der Waals surface area (Å²) in [6, 6.07) is 7.90. The molecule has 1 aliphatic rings. The molecule has 1 aromatic carbocycles. The topological polar surface area (TPSA) is 52.1 Å². The third kappa shape index (κ3) is 6.72. The minimum Gasteiger partial charge on any atom is -0.489 e. The number of hydrogen-bond donors (Lipinski definition) is 2. The van der Waals surface area contributed by atoms with Crippen molar-refractivity contribution in [2.45, 2.75) is 19.1 Å². The van der Waals surface area contributed by atoms with Crippen LogP contribution in [0.3, 0.4) is 0 Å². The molecule has 1 saturated heterocycles. The van der Waals surface area contributed by atoms with E-state index in [1.54, 1.807) is 7.05 Å². The quantitative estimate of drug-likeness (QED) is 0.589. The van der Waals surface area contributed by atoms with E-state index in [-0.39, 0.29) is 6.10 Å². The molecule has 25 heavy (non-hydrogen) atoms. The van der Waals surface area contributed by atoms with Crippen LogP contribution in [0.25, 0.3) is 0 Å². The highest BCUT2D eigenvalue weighted by Crippen LogP contribution is 2.16. The van der Waals surface area contributed by atoms with E-state index in [1.165, 1.54) is 0 Å². The molecule has 1 aliphatic heterocycles. The number of benzene rings is 1. The Hall–Kier alpha value is -1.50. The van der Waals surface area contributed by atoms with Gasteiger partial charge in [-0.25, -0.2) is 0 Å². The van der Waals surface area contributed by atoms with Gasteiger partial charge in [0.05, 0.1) is 6.54 Å². The van der Waals surface area contributed by atoms with Gasteiger partial charge in [-0.3, -0.25) is 9.89 Å². The zero-order chi connectivity index (χ0) is 18.2. The first-order valence-electron chi connectivity index (χ1n) is 8.73. The summed E-state index contributed by atoms with van der Waals surface area (Å²) in [5, 5.41) is 7.45. The van der Waals surface area contributed by atoms with Crippen LogP contribution in [0.1, 0.15) is 6.92 Å². The van der Waals surface area contributed by atoms with Gasteiger partial charge in [-0.05, 0) is 45.3 Å². The summed E-state index contributed by atoms with van der Waals surface area (Å²) in [6.45, 7) is 6.85. The summed E-state index contributed by atoms with van der Waals surface area (Å²) in [5.41, 5.74) is 0. The van der Waals surface area contributed by atoms with Gasteiger partial charge >= 0.3 is 0 Å². The number of ether oxygens (including phenoxy) is 1. The maximum atomic E-state index is 5.89. The van der Waals surface area contributed by atoms with Crippen molar-refractivity contribution in [3.63, 3.8) is 0 Å². The van der Waals surface area contributed by atoms with Crippen LogP contribution in [-0.4, -0.2) is 81.8 Å². The number of piperazine rings is 1. The lowest BCUT2D eigenvalue weighted by molar-refractivity contribution is 0.116. The molecular formula is C18H30ClN5O. The van der Waals surface area contributed by atoms with Gasteiger partial charge in [0, 0.05) is 44.3 Å². The predicted molar refractivity (Wildman–Crippen MR) is 105 cm³/mol. The molecule has 1 fully saturated rings. The summed E-state index contributed by atoms with van der Waals surface area (Å²) < 4.78 is 5.87. The van der Waals surface area contributed by atoms with E-state index in [9.17, 15) is 0 Å². The summed E-state index contributed by atoms with van der Waals surface area (Å²) in [7, 11) is 6.14. The van der Waals surface area contributed by atoms with Gasteiger partial charge in [0.15, 0.2) is 5.96 Å². The Morgan fingerprint density at radius 3 is 2.68 bits per heavy atom. The number of guanidine groups is 1. The fourth-order valence-corrected chi connectivity index (χ4v) is 2.91. The van der Waals surface area contributed by atoms with E-state index < -0.39 is 0 Å². The molecule has 2 atom stereocenters. The highest BCUT2D eigenvalue weighted by atomic mass is 35.5. The van der Waals surface area contributed by atoms with E-state index in [0.717, 1.165) is 37.9 Å². The Labute approximate surface area is 156 Å². The summed E-state index contributed by atoms with van der Waals surface area (Å²) in [6.07, 6.45) is 0.0169. The maximum absolute atomic E-state index is 5.89. The lowest BCUT2D eigenvalue weighted by Crippen LogP contribution is -2.55. The fraction of sp³-hybridized carbons (Fsp3) is 0.611. The number of nitrogens with one attached hydrogen (secondary N) is 2. The lowest BCUT2D eigenvalue weighted by atomic mass is 10.2. The van der Waals surface area contributed by atoms with Crippen LogP contribution in [0.5, 0.6) is 5.75 Å². The van der Waals surface area contributed by atoms with E-state index in [0.29, 0.717) is 17.6 Å². The number of rotatable bonds is 6. The first-order valence-corrected chi connectivity index (χ1v) is 9.11. The Kier molecular flexibility index (Phi) is 7.81. The van der Waals surface area contributed by atoms with Crippen molar-refractivity contribution in [2.24, 2.45) is 4.99 Å². The van der Waals surface area contributed by atoms with Crippen LogP contribution < -0.4 is 15.4 Å². The number of nitrogens with zero attached hydrogens (tertiary/aromatic N) is 3. The highest BCUT2D eigenvalue weighted by Gasteiger charge is 2.22. The van der Waals surface area contributed by atoms with Gasteiger partial charge in [-0.15, -0.1) is 0 Å². The fourth-order valence-electron chi connectivity index (χ4n) is 2.78. The Morgan fingerprint density at radius 1 is 1.28 bits per heavy atom.